The Bertz CT molecular complexity index is 178. The molecule has 0 aliphatic heterocycles. The Labute approximate surface area is 97.3 Å². The second-order valence-electron chi connectivity index (χ2n) is 3.00. The summed E-state index contributed by atoms with van der Waals surface area (Å²) in [5.74, 6) is 0. The molecule has 17 heavy (non-hydrogen) atoms. The number of hydrogen-bond donors (Lipinski definition) is 4. The predicted molar refractivity (Wildman–Crippen MR) is 54.8 cm³/mol. The maximum atomic E-state index is 9.06. The summed E-state index contributed by atoms with van der Waals surface area (Å²) >= 11 is 0. The molecule has 0 aliphatic rings. The minimum Gasteiger partial charge on any atom is -0.393 e. The van der Waals surface area contributed by atoms with Gasteiger partial charge in [0.1, 0.15) is 0 Å². The molecule has 104 valence electrons. The van der Waals surface area contributed by atoms with Crippen molar-refractivity contribution in [1.29, 1.82) is 0 Å². The Kier molecular flexibility index (Phi) is 17.4. The molecule has 10 nitrogen and oxygen atoms in total. The molecular formula is C7H18N2O8. The number of aliphatic hydroxyl groups excluding tert-OH is 2. The van der Waals surface area contributed by atoms with E-state index in [1.54, 1.807) is 6.92 Å². The zero-order chi connectivity index (χ0) is 14.4. The molecule has 2 atom stereocenters. The van der Waals surface area contributed by atoms with Crippen LogP contribution in [0.3, 0.4) is 0 Å². The van der Waals surface area contributed by atoms with Crippen molar-refractivity contribution in [3.8, 4) is 0 Å². The van der Waals surface area contributed by atoms with E-state index in [1.807, 2.05) is 6.92 Å². The van der Waals surface area contributed by atoms with Crippen LogP contribution >= 0.6 is 0 Å². The third-order valence-electron chi connectivity index (χ3n) is 1.24. The smallest absolute Gasteiger partial charge is 0.291 e. The van der Waals surface area contributed by atoms with Crippen LogP contribution in [-0.2, 0) is 0 Å². The van der Waals surface area contributed by atoms with E-state index in [1.165, 1.54) is 0 Å². The van der Waals surface area contributed by atoms with Gasteiger partial charge < -0.3 is 20.6 Å². The topological polar surface area (TPSA) is 167 Å². The highest BCUT2D eigenvalue weighted by atomic mass is 16.9. The summed E-state index contributed by atoms with van der Waals surface area (Å²) in [6, 6.07) is 0. The van der Waals surface area contributed by atoms with E-state index in [9.17, 15) is 0 Å². The van der Waals surface area contributed by atoms with Crippen molar-refractivity contribution in [1.82, 2.24) is 0 Å². The van der Waals surface area contributed by atoms with Crippen molar-refractivity contribution in [2.75, 3.05) is 0 Å². The highest BCUT2D eigenvalue weighted by Crippen LogP contribution is 2.03. The van der Waals surface area contributed by atoms with E-state index in [2.05, 4.69) is 0 Å². The average molecular weight is 258 g/mol. The van der Waals surface area contributed by atoms with Gasteiger partial charge >= 0.3 is 0 Å². The summed E-state index contributed by atoms with van der Waals surface area (Å²) in [7, 11) is 0. The largest absolute Gasteiger partial charge is 0.393 e. The number of rotatable bonds is 4. The normalized spacial score (nSPS) is 12.0. The van der Waals surface area contributed by atoms with E-state index < -0.39 is 10.2 Å². The minimum absolute atomic E-state index is 0.310. The second kappa shape index (κ2) is 14.3. The molecule has 4 N–H and O–H groups in total. The van der Waals surface area contributed by atoms with Crippen LogP contribution in [0.25, 0.3) is 0 Å². The van der Waals surface area contributed by atoms with Gasteiger partial charge in [0.15, 0.2) is 0 Å². The van der Waals surface area contributed by atoms with E-state index in [4.69, 9.17) is 40.9 Å². The van der Waals surface area contributed by atoms with Crippen molar-refractivity contribution in [2.45, 2.75) is 45.3 Å². The fourth-order valence-corrected chi connectivity index (χ4v) is 0.845. The van der Waals surface area contributed by atoms with Crippen LogP contribution in [0.5, 0.6) is 0 Å². The van der Waals surface area contributed by atoms with Gasteiger partial charge in [-0.05, 0) is 19.8 Å². The molecule has 0 bridgehead atoms. The fourth-order valence-electron chi connectivity index (χ4n) is 0.845. The molecule has 2 unspecified atom stereocenters. The molecule has 0 aliphatic carbocycles. The van der Waals surface area contributed by atoms with Gasteiger partial charge in [-0.3, -0.25) is 0 Å². The maximum absolute atomic E-state index is 9.06. The third-order valence-corrected chi connectivity index (χ3v) is 1.24. The van der Waals surface area contributed by atoms with Gasteiger partial charge in [-0.15, -0.1) is 20.2 Å². The number of hydrogen-bond acceptors (Lipinski definition) is 6. The molecular weight excluding hydrogens is 240 g/mol. The lowest BCUT2D eigenvalue weighted by molar-refractivity contribution is -0.742. The highest BCUT2D eigenvalue weighted by molar-refractivity contribution is 4.57. The van der Waals surface area contributed by atoms with Crippen LogP contribution in [0.1, 0.15) is 33.1 Å². The summed E-state index contributed by atoms with van der Waals surface area (Å²) < 4.78 is 0. The molecule has 0 fully saturated rings. The van der Waals surface area contributed by atoms with Crippen LogP contribution in [0, 0.1) is 20.2 Å². The summed E-state index contributed by atoms with van der Waals surface area (Å²) in [4.78, 5) is 16.7. The molecule has 0 saturated heterocycles. The van der Waals surface area contributed by atoms with E-state index >= 15 is 0 Å². The first-order chi connectivity index (χ1) is 7.63. The van der Waals surface area contributed by atoms with Crippen LogP contribution in [-0.4, -0.2) is 43.0 Å². The maximum Gasteiger partial charge on any atom is 0.291 e. The Morgan fingerprint density at radius 3 is 1.59 bits per heavy atom. The third kappa shape index (κ3) is 76.8. The molecule has 0 spiro atoms. The molecule has 0 radical (unpaired) electrons. The molecule has 0 amide bonds. The molecule has 0 aromatic heterocycles. The first-order valence-electron chi connectivity index (χ1n) is 4.66. The van der Waals surface area contributed by atoms with Gasteiger partial charge in [-0.1, -0.05) is 13.3 Å². The van der Waals surface area contributed by atoms with Crippen molar-refractivity contribution in [3.63, 3.8) is 0 Å². The first kappa shape index (κ1) is 20.7. The highest BCUT2D eigenvalue weighted by Gasteiger charge is 2.05. The average Bonchev–Trinajstić information content (AvgIpc) is 1.99. The van der Waals surface area contributed by atoms with Crippen molar-refractivity contribution >= 4 is 0 Å². The Morgan fingerprint density at radius 2 is 1.41 bits per heavy atom. The molecule has 0 aromatic rings. The van der Waals surface area contributed by atoms with E-state index in [0.29, 0.717) is 6.42 Å². The first-order valence-corrected chi connectivity index (χ1v) is 4.66. The van der Waals surface area contributed by atoms with Gasteiger partial charge in [-0.25, -0.2) is 0 Å². The molecule has 0 aromatic carbocycles. The Balaban J connectivity index is -0.000000205. The lowest BCUT2D eigenvalue weighted by Gasteiger charge is -2.09. The van der Waals surface area contributed by atoms with E-state index in [-0.39, 0.29) is 12.2 Å². The molecule has 0 heterocycles. The van der Waals surface area contributed by atoms with Crippen LogP contribution in [0.15, 0.2) is 0 Å². The zero-order valence-electron chi connectivity index (χ0n) is 9.59. The van der Waals surface area contributed by atoms with Gasteiger partial charge in [0.25, 0.3) is 10.2 Å². The van der Waals surface area contributed by atoms with Crippen LogP contribution in [0.4, 0.5) is 0 Å². The standard InChI is InChI=1S/C7H16O2.2HNO3/c1-3-4-7(9)5-6(2)8;2*2-1(3)4/h6-9H,3-5H2,1-2H3;2*(H,2,3,4). The summed E-state index contributed by atoms with van der Waals surface area (Å²) in [5, 5.41) is 45.1. The zero-order valence-corrected chi connectivity index (χ0v) is 9.59. The number of nitrogens with zero attached hydrogens (tertiary/aromatic N) is 2. The Hall–Kier alpha value is -1.68. The molecule has 10 heteroatoms. The minimum atomic E-state index is -1.50. The quantitative estimate of drug-likeness (QED) is 0.410. The number of aliphatic hydroxyl groups is 2. The summed E-state index contributed by atoms with van der Waals surface area (Å²) in [6.45, 7) is 3.71. The van der Waals surface area contributed by atoms with Gasteiger partial charge in [-0.2, -0.15) is 0 Å². The van der Waals surface area contributed by atoms with Gasteiger partial charge in [0, 0.05) is 0 Å². The molecule has 0 saturated carbocycles. The lowest BCUT2D eigenvalue weighted by atomic mass is 10.1. The Morgan fingerprint density at radius 1 is 1.12 bits per heavy atom. The predicted octanol–water partition coefficient (Wildman–Crippen LogP) is 0.223. The summed E-state index contributed by atoms with van der Waals surface area (Å²) in [6.07, 6.45) is 1.61. The lowest BCUT2D eigenvalue weighted by Crippen LogP contribution is -2.13. The van der Waals surface area contributed by atoms with Gasteiger partial charge in [0.2, 0.25) is 0 Å². The molecule has 0 rings (SSSR count). The van der Waals surface area contributed by atoms with Crippen LogP contribution in [0.2, 0.25) is 0 Å². The van der Waals surface area contributed by atoms with Crippen LogP contribution < -0.4 is 0 Å². The fraction of sp³-hybridized carbons (Fsp3) is 1.00. The van der Waals surface area contributed by atoms with Crippen molar-refractivity contribution < 1.29 is 30.8 Å². The SMILES string of the molecule is CCCC(O)CC(C)O.O=[N+]([O-])O.O=[N+]([O-])O. The second-order valence-corrected chi connectivity index (χ2v) is 3.00. The summed E-state index contributed by atoms with van der Waals surface area (Å²) in [5.41, 5.74) is 0. The van der Waals surface area contributed by atoms with Gasteiger partial charge in [0.05, 0.1) is 12.2 Å². The monoisotopic (exact) mass is 258 g/mol. The van der Waals surface area contributed by atoms with Crippen molar-refractivity contribution in [3.05, 3.63) is 20.2 Å². The van der Waals surface area contributed by atoms with Crippen molar-refractivity contribution in [2.24, 2.45) is 0 Å². The van der Waals surface area contributed by atoms with E-state index in [0.717, 1.165) is 12.8 Å².